The summed E-state index contributed by atoms with van der Waals surface area (Å²) in [5.41, 5.74) is 0.711. The molecule has 6 heteroatoms. The summed E-state index contributed by atoms with van der Waals surface area (Å²) in [6, 6.07) is 9.91. The summed E-state index contributed by atoms with van der Waals surface area (Å²) in [4.78, 5) is 0. The van der Waals surface area contributed by atoms with Crippen molar-refractivity contribution in [2.24, 2.45) is 0 Å². The normalized spacial score (nSPS) is 15.4. The molecule has 0 heterocycles. The lowest BCUT2D eigenvalue weighted by atomic mass is 10.3. The maximum atomic E-state index is 12.6. The van der Waals surface area contributed by atoms with Gasteiger partial charge in [0.15, 0.2) is 0 Å². The topological polar surface area (TPSA) is 52.7 Å². The Hall–Kier alpha value is -1.11. The molecule has 1 aromatic rings. The number of nitrogens with zero attached hydrogens (tertiary/aromatic N) is 2. The Balaban J connectivity index is 1.93. The van der Waals surface area contributed by atoms with Crippen LogP contribution in [0.15, 0.2) is 30.3 Å². The number of benzene rings is 1. The van der Waals surface area contributed by atoms with Crippen LogP contribution >= 0.6 is 0 Å². The van der Waals surface area contributed by atoms with E-state index in [0.717, 1.165) is 13.0 Å². The predicted molar refractivity (Wildman–Crippen MR) is 86.7 cm³/mol. The van der Waals surface area contributed by atoms with Crippen LogP contribution in [-0.2, 0) is 10.2 Å². The molecule has 1 aliphatic carbocycles. The molecule has 0 amide bonds. The zero-order valence-corrected chi connectivity index (χ0v) is 13.6. The average molecular weight is 311 g/mol. The van der Waals surface area contributed by atoms with E-state index < -0.39 is 10.2 Å². The van der Waals surface area contributed by atoms with Gasteiger partial charge in [0.2, 0.25) is 0 Å². The second-order valence-corrected chi connectivity index (χ2v) is 7.37. The largest absolute Gasteiger partial charge is 0.314 e. The first-order valence-electron chi connectivity index (χ1n) is 7.58. The molecule has 118 valence electrons. The Morgan fingerprint density at radius 3 is 2.48 bits per heavy atom. The van der Waals surface area contributed by atoms with Crippen LogP contribution in [0.4, 0.5) is 5.69 Å². The van der Waals surface area contributed by atoms with E-state index in [9.17, 15) is 8.42 Å². The summed E-state index contributed by atoms with van der Waals surface area (Å²) < 4.78 is 28.2. The Labute approximate surface area is 128 Å². The van der Waals surface area contributed by atoms with Gasteiger partial charge in [-0.3, -0.25) is 4.31 Å². The molecule has 1 N–H and O–H groups in total. The highest BCUT2D eigenvalue weighted by molar-refractivity contribution is 7.90. The monoisotopic (exact) mass is 311 g/mol. The number of anilines is 1. The molecule has 0 radical (unpaired) electrons. The molecule has 0 saturated heterocycles. The highest BCUT2D eigenvalue weighted by Crippen LogP contribution is 2.20. The number of nitrogens with one attached hydrogen (secondary N) is 1. The van der Waals surface area contributed by atoms with Crippen LogP contribution in [0.25, 0.3) is 0 Å². The fourth-order valence-corrected chi connectivity index (χ4v) is 3.66. The van der Waals surface area contributed by atoms with Gasteiger partial charge >= 0.3 is 10.2 Å². The van der Waals surface area contributed by atoms with Crippen molar-refractivity contribution in [3.63, 3.8) is 0 Å². The van der Waals surface area contributed by atoms with E-state index in [1.54, 1.807) is 7.05 Å². The first-order chi connectivity index (χ1) is 10.1. The molecule has 0 aliphatic heterocycles. The van der Waals surface area contributed by atoms with Crippen molar-refractivity contribution >= 4 is 15.9 Å². The van der Waals surface area contributed by atoms with Gasteiger partial charge in [-0.1, -0.05) is 18.2 Å². The fourth-order valence-electron chi connectivity index (χ4n) is 2.25. The maximum absolute atomic E-state index is 12.6. The van der Waals surface area contributed by atoms with E-state index in [1.807, 2.05) is 37.3 Å². The Morgan fingerprint density at radius 1 is 1.24 bits per heavy atom. The molecule has 2 rings (SSSR count). The Morgan fingerprint density at radius 2 is 1.90 bits per heavy atom. The fraction of sp³-hybridized carbons (Fsp3) is 0.600. The average Bonchev–Trinajstić information content (AvgIpc) is 3.29. The minimum absolute atomic E-state index is 0.428. The van der Waals surface area contributed by atoms with Crippen LogP contribution in [0.3, 0.4) is 0 Å². The van der Waals surface area contributed by atoms with Crippen LogP contribution in [0, 0.1) is 0 Å². The zero-order chi connectivity index (χ0) is 15.3. The first-order valence-corrected chi connectivity index (χ1v) is 8.98. The molecule has 0 unspecified atom stereocenters. The molecule has 0 atom stereocenters. The Kier molecular flexibility index (Phi) is 5.61. The van der Waals surface area contributed by atoms with Crippen molar-refractivity contribution in [3.8, 4) is 0 Å². The highest BCUT2D eigenvalue weighted by atomic mass is 32.2. The molecular weight excluding hydrogens is 286 g/mol. The molecule has 1 aromatic carbocycles. The minimum atomic E-state index is -3.45. The molecule has 21 heavy (non-hydrogen) atoms. The van der Waals surface area contributed by atoms with Gasteiger partial charge in [0.1, 0.15) is 0 Å². The summed E-state index contributed by atoms with van der Waals surface area (Å²) in [7, 11) is -1.80. The summed E-state index contributed by atoms with van der Waals surface area (Å²) in [6.07, 6.45) is 3.34. The van der Waals surface area contributed by atoms with Crippen molar-refractivity contribution in [3.05, 3.63) is 30.3 Å². The zero-order valence-electron chi connectivity index (χ0n) is 12.8. The second-order valence-electron chi connectivity index (χ2n) is 5.41. The molecule has 0 aromatic heterocycles. The van der Waals surface area contributed by atoms with E-state index in [4.69, 9.17) is 0 Å². The molecule has 1 aliphatic rings. The SMILES string of the molecule is CCN(c1ccccc1)S(=O)(=O)N(C)CCCNC1CC1. The van der Waals surface area contributed by atoms with Crippen molar-refractivity contribution in [1.29, 1.82) is 0 Å². The van der Waals surface area contributed by atoms with Gasteiger partial charge in [0.25, 0.3) is 0 Å². The molecule has 1 fully saturated rings. The van der Waals surface area contributed by atoms with Gasteiger partial charge in [0, 0.05) is 26.2 Å². The summed E-state index contributed by atoms with van der Waals surface area (Å²) in [5, 5.41) is 3.40. The molecule has 0 bridgehead atoms. The number of para-hydroxylation sites is 1. The number of hydrogen-bond donors (Lipinski definition) is 1. The standard InChI is InChI=1S/C15H25N3O2S/c1-3-18(15-8-5-4-6-9-15)21(19,20)17(2)13-7-12-16-14-10-11-14/h4-6,8-9,14,16H,3,7,10-13H2,1-2H3. The molecule has 1 saturated carbocycles. The minimum Gasteiger partial charge on any atom is -0.314 e. The predicted octanol–water partition coefficient (Wildman–Crippen LogP) is 1.83. The van der Waals surface area contributed by atoms with Gasteiger partial charge in [-0.2, -0.15) is 12.7 Å². The number of rotatable bonds is 9. The van der Waals surface area contributed by atoms with Gasteiger partial charge in [0.05, 0.1) is 5.69 Å². The van der Waals surface area contributed by atoms with Crippen LogP contribution in [0.2, 0.25) is 0 Å². The third-order valence-corrected chi connectivity index (χ3v) is 5.66. The summed E-state index contributed by atoms with van der Waals surface area (Å²) >= 11 is 0. The van der Waals surface area contributed by atoms with Crippen LogP contribution < -0.4 is 9.62 Å². The summed E-state index contributed by atoms with van der Waals surface area (Å²) in [6.45, 7) is 3.69. The third-order valence-electron chi connectivity index (χ3n) is 3.66. The van der Waals surface area contributed by atoms with E-state index in [-0.39, 0.29) is 0 Å². The maximum Gasteiger partial charge on any atom is 0.303 e. The summed E-state index contributed by atoms with van der Waals surface area (Å²) in [5.74, 6) is 0. The van der Waals surface area contributed by atoms with E-state index in [0.29, 0.717) is 24.8 Å². The van der Waals surface area contributed by atoms with E-state index in [2.05, 4.69) is 5.32 Å². The van der Waals surface area contributed by atoms with Crippen molar-refractivity contribution in [1.82, 2.24) is 9.62 Å². The highest BCUT2D eigenvalue weighted by Gasteiger charge is 2.26. The van der Waals surface area contributed by atoms with Gasteiger partial charge < -0.3 is 5.32 Å². The van der Waals surface area contributed by atoms with E-state index >= 15 is 0 Å². The van der Waals surface area contributed by atoms with Crippen molar-refractivity contribution in [2.75, 3.05) is 31.0 Å². The van der Waals surface area contributed by atoms with Crippen molar-refractivity contribution < 1.29 is 8.42 Å². The van der Waals surface area contributed by atoms with Crippen LogP contribution in [0.5, 0.6) is 0 Å². The Bertz CT molecular complexity index is 529. The first kappa shape index (κ1) is 16.3. The van der Waals surface area contributed by atoms with Crippen molar-refractivity contribution in [2.45, 2.75) is 32.2 Å². The lowest BCUT2D eigenvalue weighted by Gasteiger charge is -2.28. The third kappa shape index (κ3) is 4.43. The van der Waals surface area contributed by atoms with Crippen LogP contribution in [-0.4, -0.2) is 45.4 Å². The lowest BCUT2D eigenvalue weighted by Crippen LogP contribution is -2.42. The van der Waals surface area contributed by atoms with Gasteiger partial charge in [-0.25, -0.2) is 0 Å². The lowest BCUT2D eigenvalue weighted by molar-refractivity contribution is 0.451. The van der Waals surface area contributed by atoms with Crippen LogP contribution in [0.1, 0.15) is 26.2 Å². The number of hydrogen-bond acceptors (Lipinski definition) is 3. The van der Waals surface area contributed by atoms with E-state index in [1.165, 1.54) is 21.5 Å². The molecule has 5 nitrogen and oxygen atoms in total. The van der Waals surface area contributed by atoms with Gasteiger partial charge in [-0.15, -0.1) is 0 Å². The second kappa shape index (κ2) is 7.24. The smallest absolute Gasteiger partial charge is 0.303 e. The molecular formula is C15H25N3O2S. The quantitative estimate of drug-likeness (QED) is 0.708. The molecule has 0 spiro atoms. The van der Waals surface area contributed by atoms with Gasteiger partial charge in [-0.05, 0) is 44.9 Å².